The number of amides is 1. The Balaban J connectivity index is 1.28. The predicted octanol–water partition coefficient (Wildman–Crippen LogP) is 4.61. The average Bonchev–Trinajstić information content (AvgIpc) is 3.73. The van der Waals surface area contributed by atoms with Crippen molar-refractivity contribution in [3.05, 3.63) is 88.1 Å². The normalized spacial score (nSPS) is 14.4. The number of H-pyrrole nitrogens is 1. The molecule has 12 nitrogen and oxygen atoms in total. The molecule has 0 fully saturated rings. The van der Waals surface area contributed by atoms with Crippen molar-refractivity contribution < 1.29 is 9.90 Å². The summed E-state index contributed by atoms with van der Waals surface area (Å²) in [5.41, 5.74) is 4.74. The number of imidazole rings is 1. The molecule has 41 heavy (non-hydrogen) atoms. The van der Waals surface area contributed by atoms with Gasteiger partial charge in [-0.1, -0.05) is 25.4 Å². The molecule has 0 radical (unpaired) electrons. The first-order valence-electron chi connectivity index (χ1n) is 13.1. The number of rotatable bonds is 7. The number of hydrogen-bond acceptors (Lipinski definition) is 7. The fourth-order valence-corrected chi connectivity index (χ4v) is 5.39. The van der Waals surface area contributed by atoms with Gasteiger partial charge in [-0.3, -0.25) is 14.7 Å². The van der Waals surface area contributed by atoms with Gasteiger partial charge >= 0.3 is 6.09 Å². The van der Waals surface area contributed by atoms with Gasteiger partial charge in [0.25, 0.3) is 5.56 Å². The van der Waals surface area contributed by atoms with Crippen LogP contribution in [0.5, 0.6) is 0 Å². The molecule has 5 aromatic rings. The van der Waals surface area contributed by atoms with E-state index >= 15 is 0 Å². The van der Waals surface area contributed by atoms with Gasteiger partial charge < -0.3 is 14.7 Å². The summed E-state index contributed by atoms with van der Waals surface area (Å²) in [5, 5.41) is 21.5. The van der Waals surface area contributed by atoms with Crippen molar-refractivity contribution in [3.8, 4) is 28.2 Å². The summed E-state index contributed by atoms with van der Waals surface area (Å²) in [4.78, 5) is 38.8. The predicted molar refractivity (Wildman–Crippen MR) is 152 cm³/mol. The summed E-state index contributed by atoms with van der Waals surface area (Å²) in [5.74, 6) is 0.830. The second kappa shape index (κ2) is 10.6. The van der Waals surface area contributed by atoms with Gasteiger partial charge in [-0.15, -0.1) is 5.10 Å². The minimum absolute atomic E-state index is 0.151. The molecule has 1 aliphatic heterocycles. The average molecular weight is 572 g/mol. The maximum absolute atomic E-state index is 13.5. The third-order valence-corrected chi connectivity index (χ3v) is 7.26. The molecule has 1 amide bonds. The van der Waals surface area contributed by atoms with Gasteiger partial charge in [-0.25, -0.2) is 9.78 Å². The van der Waals surface area contributed by atoms with Crippen molar-refractivity contribution >= 4 is 23.4 Å². The molecule has 0 spiro atoms. The number of halogens is 1. The number of anilines is 1. The van der Waals surface area contributed by atoms with Crippen molar-refractivity contribution in [1.29, 1.82) is 0 Å². The summed E-state index contributed by atoms with van der Waals surface area (Å²) in [6.45, 7) is 4.29. The number of hydrogen-bond donors (Lipinski definition) is 2. The second-order valence-electron chi connectivity index (χ2n) is 10.3. The number of aromatic nitrogens is 8. The SMILES string of the molecule is CC(C)CN(C(=O)O)c1ccc(-c2cnc([C@@H]3CCc4cc(-c5cc(Cl)ccc5-n5cnnn5)cc(=O)n43)[nH]2)nc1. The Kier molecular flexibility index (Phi) is 6.83. The quantitative estimate of drug-likeness (QED) is 0.288. The molecule has 2 N–H and O–H groups in total. The Bertz CT molecular complexity index is 1780. The molecule has 0 aliphatic carbocycles. The molecule has 6 rings (SSSR count). The first kappa shape index (κ1) is 26.4. The molecule has 5 heterocycles. The number of nitrogens with one attached hydrogen (secondary N) is 1. The van der Waals surface area contributed by atoms with E-state index in [0.717, 1.165) is 16.8 Å². The molecule has 0 saturated heterocycles. The van der Waals surface area contributed by atoms with E-state index in [-0.39, 0.29) is 17.5 Å². The van der Waals surface area contributed by atoms with Gasteiger partial charge in [0.1, 0.15) is 12.2 Å². The summed E-state index contributed by atoms with van der Waals surface area (Å²) in [6, 6.07) is 12.2. The van der Waals surface area contributed by atoms with Crippen molar-refractivity contribution in [2.24, 2.45) is 5.92 Å². The van der Waals surface area contributed by atoms with Crippen LogP contribution in [0, 0.1) is 5.92 Å². The number of pyridine rings is 2. The smallest absolute Gasteiger partial charge is 0.411 e. The van der Waals surface area contributed by atoms with Gasteiger partial charge in [-0.2, -0.15) is 4.68 Å². The second-order valence-corrected chi connectivity index (χ2v) is 10.7. The first-order chi connectivity index (χ1) is 19.8. The van der Waals surface area contributed by atoms with Crippen molar-refractivity contribution in [2.75, 3.05) is 11.4 Å². The summed E-state index contributed by atoms with van der Waals surface area (Å²) >= 11 is 6.31. The van der Waals surface area contributed by atoms with Crippen LogP contribution < -0.4 is 10.5 Å². The van der Waals surface area contributed by atoms with Crippen molar-refractivity contribution in [3.63, 3.8) is 0 Å². The van der Waals surface area contributed by atoms with Gasteiger partial charge in [0.2, 0.25) is 0 Å². The highest BCUT2D eigenvalue weighted by Gasteiger charge is 2.28. The molecular formula is C28H26ClN9O3. The minimum atomic E-state index is -1.02. The fourth-order valence-electron chi connectivity index (χ4n) is 5.22. The van der Waals surface area contributed by atoms with E-state index in [1.165, 1.54) is 15.9 Å². The van der Waals surface area contributed by atoms with Gasteiger partial charge in [0.05, 0.1) is 41.2 Å². The van der Waals surface area contributed by atoms with Gasteiger partial charge in [0, 0.05) is 28.9 Å². The Hall–Kier alpha value is -4.84. The zero-order valence-electron chi connectivity index (χ0n) is 22.3. The monoisotopic (exact) mass is 571 g/mol. The summed E-state index contributed by atoms with van der Waals surface area (Å²) in [7, 11) is 0. The highest BCUT2D eigenvalue weighted by Crippen LogP contribution is 2.34. The Labute approximate surface area is 239 Å². The molecule has 13 heteroatoms. The molecule has 1 aromatic carbocycles. The third kappa shape index (κ3) is 5.09. The largest absolute Gasteiger partial charge is 0.465 e. The minimum Gasteiger partial charge on any atom is -0.465 e. The lowest BCUT2D eigenvalue weighted by Crippen LogP contribution is -2.32. The lowest BCUT2D eigenvalue weighted by Gasteiger charge is -2.21. The molecule has 0 saturated carbocycles. The number of tetrazole rings is 1. The zero-order valence-corrected chi connectivity index (χ0v) is 23.0. The highest BCUT2D eigenvalue weighted by molar-refractivity contribution is 6.31. The summed E-state index contributed by atoms with van der Waals surface area (Å²) < 4.78 is 3.30. The van der Waals surface area contributed by atoms with Gasteiger partial charge in [-0.05, 0) is 71.1 Å². The molecule has 4 aromatic heterocycles. The molecule has 0 bridgehead atoms. The lowest BCUT2D eigenvalue weighted by atomic mass is 10.0. The number of carbonyl (C=O) groups is 1. The molecule has 0 unspecified atom stereocenters. The van der Waals surface area contributed by atoms with Crippen LogP contribution in [0.15, 0.2) is 66.0 Å². The van der Waals surface area contributed by atoms with Crippen LogP contribution in [-0.4, -0.2) is 57.5 Å². The van der Waals surface area contributed by atoms with E-state index in [4.69, 9.17) is 11.6 Å². The zero-order chi connectivity index (χ0) is 28.7. The standard InChI is InChI=1S/C28H26ClN9O3/c1-16(2)14-36(28(40)41)20-4-6-22(30-12-20)23-13-31-27(33-23)25-8-5-19-9-17(10-26(39)38(19)25)21-11-18(29)3-7-24(21)37-15-32-34-35-37/h3-4,6-7,9-13,15-16,25H,5,8,14H2,1-2H3,(H,31,33)(H,40,41)/t25-/m0/s1. The number of carboxylic acid groups (broad SMARTS) is 1. The van der Waals surface area contributed by atoms with Crippen LogP contribution in [0.25, 0.3) is 28.2 Å². The molecule has 208 valence electrons. The maximum Gasteiger partial charge on any atom is 0.411 e. The maximum atomic E-state index is 13.5. The molecular weight excluding hydrogens is 546 g/mol. The van der Waals surface area contributed by atoms with E-state index in [2.05, 4.69) is 30.5 Å². The molecule has 1 aliphatic rings. The topological polar surface area (TPSA) is 148 Å². The number of aromatic amines is 1. The summed E-state index contributed by atoms with van der Waals surface area (Å²) in [6.07, 6.45) is 5.10. The van der Waals surface area contributed by atoms with E-state index in [1.807, 2.05) is 26.0 Å². The van der Waals surface area contributed by atoms with E-state index < -0.39 is 6.09 Å². The van der Waals surface area contributed by atoms with Crippen LogP contribution in [-0.2, 0) is 6.42 Å². The Morgan fingerprint density at radius 1 is 1.17 bits per heavy atom. The third-order valence-electron chi connectivity index (χ3n) is 7.02. The van der Waals surface area contributed by atoms with Crippen LogP contribution >= 0.6 is 11.6 Å². The van der Waals surface area contributed by atoms with Crippen LogP contribution in [0.1, 0.15) is 37.8 Å². The Morgan fingerprint density at radius 3 is 2.73 bits per heavy atom. The van der Waals surface area contributed by atoms with Crippen molar-refractivity contribution in [1.82, 2.24) is 39.7 Å². The van der Waals surface area contributed by atoms with Crippen LogP contribution in [0.4, 0.5) is 10.5 Å². The number of aryl methyl sites for hydroxylation is 1. The Morgan fingerprint density at radius 2 is 2.02 bits per heavy atom. The van der Waals surface area contributed by atoms with E-state index in [9.17, 15) is 14.7 Å². The van der Waals surface area contributed by atoms with E-state index in [1.54, 1.807) is 47.3 Å². The number of benzene rings is 1. The van der Waals surface area contributed by atoms with Crippen LogP contribution in [0.3, 0.4) is 0 Å². The number of fused-ring (bicyclic) bond motifs is 1. The van der Waals surface area contributed by atoms with Gasteiger partial charge in [0.15, 0.2) is 0 Å². The fraction of sp³-hybridized carbons (Fsp3) is 0.250. The lowest BCUT2D eigenvalue weighted by molar-refractivity contribution is 0.201. The number of nitrogens with zero attached hydrogens (tertiary/aromatic N) is 8. The highest BCUT2D eigenvalue weighted by atomic mass is 35.5. The van der Waals surface area contributed by atoms with Crippen LogP contribution in [0.2, 0.25) is 5.02 Å². The van der Waals surface area contributed by atoms with E-state index in [0.29, 0.717) is 53.0 Å². The van der Waals surface area contributed by atoms with Crippen molar-refractivity contribution in [2.45, 2.75) is 32.7 Å². The molecule has 1 atom stereocenters. The first-order valence-corrected chi connectivity index (χ1v) is 13.5.